The number of esters is 1. The van der Waals surface area contributed by atoms with Gasteiger partial charge in [-0.3, -0.25) is 4.79 Å². The third kappa shape index (κ3) is 5.78. The van der Waals surface area contributed by atoms with Crippen LogP contribution in [0.2, 0.25) is 0 Å². The molecule has 0 aliphatic carbocycles. The summed E-state index contributed by atoms with van der Waals surface area (Å²) in [6.07, 6.45) is -1.01. The summed E-state index contributed by atoms with van der Waals surface area (Å²) in [7, 11) is 0.827. The molecular formula is C20H24N2O6S. The molecule has 2 aromatic rings. The molecule has 0 saturated carbocycles. The molecule has 1 N–H and O–H groups in total. The minimum absolute atomic E-state index is 0.0596. The van der Waals surface area contributed by atoms with Crippen molar-refractivity contribution < 1.29 is 27.5 Å². The lowest BCUT2D eigenvalue weighted by molar-refractivity contribution is -0.129. The van der Waals surface area contributed by atoms with Crippen LogP contribution in [0.5, 0.6) is 5.75 Å². The third-order valence-electron chi connectivity index (χ3n) is 4.15. The second-order valence-electron chi connectivity index (χ2n) is 6.43. The number of nitrogens with one attached hydrogen (secondary N) is 1. The zero-order valence-corrected chi connectivity index (χ0v) is 17.5. The van der Waals surface area contributed by atoms with Crippen molar-refractivity contribution in [2.75, 3.05) is 21.2 Å². The van der Waals surface area contributed by atoms with E-state index < -0.39 is 28.0 Å². The number of hydrogen-bond donors (Lipinski definition) is 1. The van der Waals surface area contributed by atoms with Crippen LogP contribution in [0.4, 0.5) is 0 Å². The number of benzene rings is 2. The Morgan fingerprint density at radius 2 is 1.62 bits per heavy atom. The van der Waals surface area contributed by atoms with Gasteiger partial charge >= 0.3 is 5.97 Å². The van der Waals surface area contributed by atoms with Gasteiger partial charge < -0.3 is 14.8 Å². The molecule has 0 unspecified atom stereocenters. The monoisotopic (exact) mass is 420 g/mol. The van der Waals surface area contributed by atoms with Crippen molar-refractivity contribution in [2.45, 2.75) is 24.5 Å². The van der Waals surface area contributed by atoms with E-state index in [1.54, 1.807) is 19.2 Å². The Bertz CT molecular complexity index is 953. The first-order valence-corrected chi connectivity index (χ1v) is 10.2. The summed E-state index contributed by atoms with van der Waals surface area (Å²) in [6, 6.07) is 12.5. The number of amides is 1. The number of carbonyl (C=O) groups excluding carboxylic acids is 2. The Balaban J connectivity index is 1.92. The van der Waals surface area contributed by atoms with Gasteiger partial charge in [0, 0.05) is 20.6 Å². The van der Waals surface area contributed by atoms with Gasteiger partial charge in [-0.1, -0.05) is 12.1 Å². The average Bonchev–Trinajstić information content (AvgIpc) is 2.72. The number of nitrogens with zero attached hydrogens (tertiary/aromatic N) is 1. The molecule has 2 rings (SSSR count). The molecule has 156 valence electrons. The molecule has 2 aromatic carbocycles. The standard InChI is InChI=1S/C20H24N2O6S/c1-14(19(23)21-13-15-5-9-17(27-4)10-6-15)28-20(24)16-7-11-18(12-8-16)29(25,26)22(2)3/h5-12,14H,13H2,1-4H3,(H,21,23)/t14-/m1/s1. The van der Waals surface area contributed by atoms with Crippen molar-refractivity contribution in [3.63, 3.8) is 0 Å². The largest absolute Gasteiger partial charge is 0.497 e. The van der Waals surface area contributed by atoms with Crippen molar-refractivity contribution in [3.8, 4) is 5.75 Å². The number of carbonyl (C=O) groups is 2. The maximum atomic E-state index is 12.2. The van der Waals surface area contributed by atoms with Crippen molar-refractivity contribution in [3.05, 3.63) is 59.7 Å². The lowest BCUT2D eigenvalue weighted by Crippen LogP contribution is -2.35. The molecule has 1 atom stereocenters. The first-order chi connectivity index (χ1) is 13.6. The van der Waals surface area contributed by atoms with Crippen molar-refractivity contribution in [2.24, 2.45) is 0 Å². The van der Waals surface area contributed by atoms with E-state index in [2.05, 4.69) is 5.32 Å². The van der Waals surface area contributed by atoms with Gasteiger partial charge in [-0.15, -0.1) is 0 Å². The van der Waals surface area contributed by atoms with E-state index in [4.69, 9.17) is 9.47 Å². The summed E-state index contributed by atoms with van der Waals surface area (Å²) in [5.74, 6) is -0.446. The van der Waals surface area contributed by atoms with E-state index in [1.165, 1.54) is 45.3 Å². The average molecular weight is 420 g/mol. The molecule has 0 aromatic heterocycles. The van der Waals surface area contributed by atoms with E-state index in [-0.39, 0.29) is 17.0 Å². The molecule has 0 aliphatic heterocycles. The maximum Gasteiger partial charge on any atom is 0.338 e. The predicted octanol–water partition coefficient (Wildman–Crippen LogP) is 1.81. The van der Waals surface area contributed by atoms with E-state index in [1.807, 2.05) is 12.1 Å². The van der Waals surface area contributed by atoms with Crippen molar-refractivity contribution in [1.82, 2.24) is 9.62 Å². The predicted molar refractivity (Wildman–Crippen MR) is 107 cm³/mol. The molecule has 0 heterocycles. The Morgan fingerprint density at radius 1 is 1.03 bits per heavy atom. The van der Waals surface area contributed by atoms with Crippen LogP contribution in [0, 0.1) is 0 Å². The van der Waals surface area contributed by atoms with E-state index in [0.717, 1.165) is 9.87 Å². The second-order valence-corrected chi connectivity index (χ2v) is 8.58. The highest BCUT2D eigenvalue weighted by Gasteiger charge is 2.21. The minimum atomic E-state index is -3.58. The first-order valence-electron chi connectivity index (χ1n) is 8.79. The Hall–Kier alpha value is -2.91. The van der Waals surface area contributed by atoms with E-state index >= 15 is 0 Å². The lowest BCUT2D eigenvalue weighted by atomic mass is 10.2. The number of rotatable bonds is 8. The number of methoxy groups -OCH3 is 1. The zero-order chi connectivity index (χ0) is 21.6. The maximum absolute atomic E-state index is 12.2. The Kier molecular flexibility index (Phi) is 7.35. The highest BCUT2D eigenvalue weighted by molar-refractivity contribution is 7.89. The second kappa shape index (κ2) is 9.53. The van der Waals surface area contributed by atoms with Gasteiger partial charge in [0.15, 0.2) is 6.10 Å². The van der Waals surface area contributed by atoms with Gasteiger partial charge in [0.2, 0.25) is 10.0 Å². The number of ether oxygens (including phenoxy) is 2. The normalized spacial score (nSPS) is 12.3. The van der Waals surface area contributed by atoms with Crippen molar-refractivity contribution in [1.29, 1.82) is 0 Å². The fourth-order valence-electron chi connectivity index (χ4n) is 2.33. The van der Waals surface area contributed by atoms with Crippen LogP contribution >= 0.6 is 0 Å². The van der Waals surface area contributed by atoms with Crippen LogP contribution in [-0.2, 0) is 26.1 Å². The Labute approximate surface area is 170 Å². The molecule has 0 bridgehead atoms. The quantitative estimate of drug-likeness (QED) is 0.654. The van der Waals surface area contributed by atoms with Crippen LogP contribution in [0.1, 0.15) is 22.8 Å². The van der Waals surface area contributed by atoms with Gasteiger partial charge in [0.25, 0.3) is 5.91 Å². The highest BCUT2D eigenvalue weighted by atomic mass is 32.2. The van der Waals surface area contributed by atoms with Crippen LogP contribution < -0.4 is 10.1 Å². The van der Waals surface area contributed by atoms with E-state index in [9.17, 15) is 18.0 Å². The summed E-state index contributed by atoms with van der Waals surface area (Å²) in [6.45, 7) is 1.74. The number of sulfonamides is 1. The molecule has 1 amide bonds. The van der Waals surface area contributed by atoms with Crippen LogP contribution in [-0.4, -0.2) is 51.9 Å². The zero-order valence-electron chi connectivity index (χ0n) is 16.7. The third-order valence-corrected chi connectivity index (χ3v) is 5.98. The molecule has 8 nitrogen and oxygen atoms in total. The van der Waals surface area contributed by atoms with Gasteiger partial charge in [-0.25, -0.2) is 17.5 Å². The summed E-state index contributed by atoms with van der Waals surface area (Å²) in [5, 5.41) is 2.69. The van der Waals surface area contributed by atoms with Crippen LogP contribution in [0.25, 0.3) is 0 Å². The lowest BCUT2D eigenvalue weighted by Gasteiger charge is -2.14. The van der Waals surface area contributed by atoms with Crippen LogP contribution in [0.15, 0.2) is 53.4 Å². The summed E-state index contributed by atoms with van der Waals surface area (Å²) >= 11 is 0. The Morgan fingerprint density at radius 3 is 2.14 bits per heavy atom. The SMILES string of the molecule is COc1ccc(CNC(=O)[C@@H](C)OC(=O)c2ccc(S(=O)(=O)N(C)C)cc2)cc1. The summed E-state index contributed by atoms with van der Waals surface area (Å²) in [4.78, 5) is 24.5. The molecule has 9 heteroatoms. The molecule has 29 heavy (non-hydrogen) atoms. The number of hydrogen-bond acceptors (Lipinski definition) is 6. The molecular weight excluding hydrogens is 396 g/mol. The first kappa shape index (κ1) is 22.4. The smallest absolute Gasteiger partial charge is 0.338 e. The minimum Gasteiger partial charge on any atom is -0.497 e. The fraction of sp³-hybridized carbons (Fsp3) is 0.300. The highest BCUT2D eigenvalue weighted by Crippen LogP contribution is 2.15. The van der Waals surface area contributed by atoms with Gasteiger partial charge in [0.1, 0.15) is 5.75 Å². The van der Waals surface area contributed by atoms with Gasteiger partial charge in [-0.05, 0) is 48.9 Å². The molecule has 0 fully saturated rings. The topological polar surface area (TPSA) is 102 Å². The summed E-state index contributed by atoms with van der Waals surface area (Å²) < 4.78 is 35.4. The molecule has 0 radical (unpaired) electrons. The van der Waals surface area contributed by atoms with Crippen molar-refractivity contribution >= 4 is 21.9 Å². The molecule has 0 saturated heterocycles. The molecule has 0 spiro atoms. The van der Waals surface area contributed by atoms with Gasteiger partial charge in [0.05, 0.1) is 17.6 Å². The van der Waals surface area contributed by atoms with E-state index in [0.29, 0.717) is 5.75 Å². The summed E-state index contributed by atoms with van der Waals surface area (Å²) in [5.41, 5.74) is 1.02. The molecule has 0 aliphatic rings. The van der Waals surface area contributed by atoms with Gasteiger partial charge in [-0.2, -0.15) is 0 Å². The van der Waals surface area contributed by atoms with Crippen LogP contribution in [0.3, 0.4) is 0 Å². The fourth-order valence-corrected chi connectivity index (χ4v) is 3.23.